The highest BCUT2D eigenvalue weighted by molar-refractivity contribution is 8.26. The van der Waals surface area contributed by atoms with Crippen LogP contribution in [0.5, 0.6) is 0 Å². The minimum atomic E-state index is -0.708. The van der Waals surface area contributed by atoms with Gasteiger partial charge in [-0.3, -0.25) is 14.5 Å². The summed E-state index contributed by atoms with van der Waals surface area (Å²) in [5, 5.41) is 2.78. The van der Waals surface area contributed by atoms with Crippen LogP contribution in [0.1, 0.15) is 12.7 Å². The number of furan rings is 1. The van der Waals surface area contributed by atoms with Crippen molar-refractivity contribution in [2.45, 2.75) is 13.0 Å². The van der Waals surface area contributed by atoms with Crippen LogP contribution in [0.3, 0.4) is 0 Å². The van der Waals surface area contributed by atoms with Gasteiger partial charge in [-0.1, -0.05) is 42.2 Å². The maximum absolute atomic E-state index is 12.6. The topological polar surface area (TPSA) is 62.6 Å². The minimum Gasteiger partial charge on any atom is -0.465 e. The molecule has 0 saturated carbocycles. The van der Waals surface area contributed by atoms with Crippen LogP contribution in [0.25, 0.3) is 6.08 Å². The number of anilines is 1. The molecule has 0 bridgehead atoms. The Morgan fingerprint density at radius 2 is 2.04 bits per heavy atom. The highest BCUT2D eigenvalue weighted by atomic mass is 32.2. The van der Waals surface area contributed by atoms with Crippen LogP contribution >= 0.6 is 24.0 Å². The molecule has 1 atom stereocenters. The fourth-order valence-electron chi connectivity index (χ4n) is 2.20. The summed E-state index contributed by atoms with van der Waals surface area (Å²) >= 11 is 6.43. The van der Waals surface area contributed by atoms with Crippen molar-refractivity contribution in [2.75, 3.05) is 5.32 Å². The zero-order valence-corrected chi connectivity index (χ0v) is 14.4. The Balaban J connectivity index is 1.75. The second-order valence-corrected chi connectivity index (χ2v) is 6.77. The number of thiocarbonyl (C=S) groups is 1. The number of rotatable bonds is 4. The molecule has 7 heteroatoms. The van der Waals surface area contributed by atoms with Crippen LogP contribution in [0.2, 0.25) is 0 Å². The van der Waals surface area contributed by atoms with E-state index in [4.69, 9.17) is 16.6 Å². The number of hydrogen-bond acceptors (Lipinski definition) is 5. The zero-order valence-electron chi connectivity index (χ0n) is 12.8. The molecule has 1 aromatic heterocycles. The lowest BCUT2D eigenvalue weighted by Gasteiger charge is -2.22. The fourth-order valence-corrected chi connectivity index (χ4v) is 3.60. The molecule has 1 N–H and O–H groups in total. The molecular formula is C17H14N2O3S2. The summed E-state index contributed by atoms with van der Waals surface area (Å²) in [6, 6.07) is 11.9. The first-order chi connectivity index (χ1) is 11.6. The molecule has 5 nitrogen and oxygen atoms in total. The SMILES string of the molecule is CC(C(=O)Nc1ccccc1)N1C(=O)/C(=C/c2ccco2)SC1=S. The normalized spacial score (nSPS) is 17.4. The van der Waals surface area contributed by atoms with Gasteiger partial charge in [0.15, 0.2) is 0 Å². The van der Waals surface area contributed by atoms with Gasteiger partial charge in [0, 0.05) is 11.8 Å². The summed E-state index contributed by atoms with van der Waals surface area (Å²) in [7, 11) is 0. The van der Waals surface area contributed by atoms with E-state index in [-0.39, 0.29) is 11.8 Å². The van der Waals surface area contributed by atoms with Crippen LogP contribution in [-0.4, -0.2) is 27.1 Å². The van der Waals surface area contributed by atoms with Gasteiger partial charge in [0.25, 0.3) is 5.91 Å². The van der Waals surface area contributed by atoms with Crippen molar-refractivity contribution in [1.82, 2.24) is 4.90 Å². The number of nitrogens with zero attached hydrogens (tertiary/aromatic N) is 1. The lowest BCUT2D eigenvalue weighted by molar-refractivity contribution is -0.129. The number of hydrogen-bond donors (Lipinski definition) is 1. The van der Waals surface area contributed by atoms with Gasteiger partial charge in [0.05, 0.1) is 11.2 Å². The maximum Gasteiger partial charge on any atom is 0.267 e. The predicted octanol–water partition coefficient (Wildman–Crippen LogP) is 3.51. The molecule has 2 heterocycles. The molecule has 1 unspecified atom stereocenters. The summed E-state index contributed by atoms with van der Waals surface area (Å²) in [4.78, 5) is 26.7. The third-order valence-electron chi connectivity index (χ3n) is 3.45. The summed E-state index contributed by atoms with van der Waals surface area (Å²) in [6.07, 6.45) is 3.16. The molecule has 0 spiro atoms. The third-order valence-corrected chi connectivity index (χ3v) is 4.78. The molecule has 122 valence electrons. The van der Waals surface area contributed by atoms with Gasteiger partial charge in [0.2, 0.25) is 5.91 Å². The number of nitrogens with one attached hydrogen (secondary N) is 1. The fraction of sp³-hybridized carbons (Fsp3) is 0.118. The largest absolute Gasteiger partial charge is 0.465 e. The monoisotopic (exact) mass is 358 g/mol. The van der Waals surface area contributed by atoms with Crippen LogP contribution in [-0.2, 0) is 9.59 Å². The summed E-state index contributed by atoms with van der Waals surface area (Å²) in [5.41, 5.74) is 0.672. The summed E-state index contributed by atoms with van der Waals surface area (Å²) < 4.78 is 5.57. The van der Waals surface area contributed by atoms with Crippen molar-refractivity contribution >= 4 is 51.9 Å². The number of carbonyl (C=O) groups is 2. The van der Waals surface area contributed by atoms with Crippen LogP contribution < -0.4 is 5.32 Å². The molecule has 2 aromatic rings. The van der Waals surface area contributed by atoms with E-state index in [1.165, 1.54) is 11.2 Å². The van der Waals surface area contributed by atoms with Crippen molar-refractivity contribution in [3.05, 3.63) is 59.4 Å². The van der Waals surface area contributed by atoms with Gasteiger partial charge >= 0.3 is 0 Å². The second kappa shape index (κ2) is 7.02. The van der Waals surface area contributed by atoms with E-state index in [1.54, 1.807) is 37.3 Å². The standard InChI is InChI=1S/C17H14N2O3S2/c1-11(15(20)18-12-6-3-2-4-7-12)19-16(21)14(24-17(19)23)10-13-8-5-9-22-13/h2-11H,1H3,(H,18,20)/b14-10-. The Morgan fingerprint density at radius 1 is 1.29 bits per heavy atom. The van der Waals surface area contributed by atoms with Crippen LogP contribution in [0.4, 0.5) is 5.69 Å². The van der Waals surface area contributed by atoms with Gasteiger partial charge in [-0.15, -0.1) is 0 Å². The minimum absolute atomic E-state index is 0.294. The molecule has 1 saturated heterocycles. The average molecular weight is 358 g/mol. The Hall–Kier alpha value is -2.38. The Kier molecular flexibility index (Phi) is 4.82. The molecular weight excluding hydrogens is 344 g/mol. The van der Waals surface area contributed by atoms with Crippen LogP contribution in [0, 0.1) is 0 Å². The lowest BCUT2D eigenvalue weighted by Crippen LogP contribution is -2.44. The molecule has 0 aliphatic carbocycles. The molecule has 0 radical (unpaired) electrons. The highest BCUT2D eigenvalue weighted by Gasteiger charge is 2.38. The van der Waals surface area contributed by atoms with Crippen molar-refractivity contribution < 1.29 is 14.0 Å². The molecule has 24 heavy (non-hydrogen) atoms. The quantitative estimate of drug-likeness (QED) is 0.669. The van der Waals surface area contributed by atoms with E-state index < -0.39 is 6.04 Å². The van der Waals surface area contributed by atoms with E-state index in [1.807, 2.05) is 18.2 Å². The van der Waals surface area contributed by atoms with Crippen molar-refractivity contribution in [3.8, 4) is 0 Å². The van der Waals surface area contributed by atoms with E-state index in [0.717, 1.165) is 11.8 Å². The first kappa shape index (κ1) is 16.5. The molecule has 1 aliphatic rings. The van der Waals surface area contributed by atoms with Gasteiger partial charge in [-0.2, -0.15) is 0 Å². The second-order valence-electron chi connectivity index (χ2n) is 5.10. The van der Waals surface area contributed by atoms with Crippen LogP contribution in [0.15, 0.2) is 58.1 Å². The molecule has 1 fully saturated rings. The number of benzene rings is 1. The molecule has 2 amide bonds. The lowest BCUT2D eigenvalue weighted by atomic mass is 10.2. The number of carbonyl (C=O) groups excluding carboxylic acids is 2. The Bertz CT molecular complexity index is 801. The number of para-hydroxylation sites is 1. The van der Waals surface area contributed by atoms with E-state index in [9.17, 15) is 9.59 Å². The van der Waals surface area contributed by atoms with Gasteiger partial charge < -0.3 is 9.73 Å². The Labute approximate surface area is 148 Å². The van der Waals surface area contributed by atoms with E-state index in [2.05, 4.69) is 5.32 Å². The maximum atomic E-state index is 12.6. The summed E-state index contributed by atoms with van der Waals surface area (Å²) in [5.74, 6) is -0.0225. The van der Waals surface area contributed by atoms with Gasteiger partial charge in [-0.05, 0) is 31.2 Å². The van der Waals surface area contributed by atoms with E-state index >= 15 is 0 Å². The first-order valence-electron chi connectivity index (χ1n) is 7.23. The number of amides is 2. The van der Waals surface area contributed by atoms with Gasteiger partial charge in [0.1, 0.15) is 16.1 Å². The van der Waals surface area contributed by atoms with Gasteiger partial charge in [-0.25, -0.2) is 0 Å². The molecule has 3 rings (SSSR count). The first-order valence-corrected chi connectivity index (χ1v) is 8.45. The average Bonchev–Trinajstić information content (AvgIpc) is 3.17. The van der Waals surface area contributed by atoms with Crippen molar-refractivity contribution in [2.24, 2.45) is 0 Å². The smallest absolute Gasteiger partial charge is 0.267 e. The Morgan fingerprint density at radius 3 is 2.71 bits per heavy atom. The van der Waals surface area contributed by atoms with Crippen molar-refractivity contribution in [1.29, 1.82) is 0 Å². The van der Waals surface area contributed by atoms with Crippen molar-refractivity contribution in [3.63, 3.8) is 0 Å². The zero-order chi connectivity index (χ0) is 17.1. The third kappa shape index (κ3) is 3.42. The molecule has 1 aromatic carbocycles. The highest BCUT2D eigenvalue weighted by Crippen LogP contribution is 2.34. The number of thioether (sulfide) groups is 1. The molecule has 1 aliphatic heterocycles. The predicted molar refractivity (Wildman–Crippen MR) is 98.3 cm³/mol. The summed E-state index contributed by atoms with van der Waals surface area (Å²) in [6.45, 7) is 1.65. The van der Waals surface area contributed by atoms with E-state index in [0.29, 0.717) is 20.7 Å².